The molecule has 20 heavy (non-hydrogen) atoms. The van der Waals surface area contributed by atoms with Gasteiger partial charge in [0.05, 0.1) is 0 Å². The van der Waals surface area contributed by atoms with Gasteiger partial charge in [-0.25, -0.2) is 9.55 Å². The second-order valence-electron chi connectivity index (χ2n) is 5.65. The molecule has 0 aliphatic heterocycles. The third kappa shape index (κ3) is 5.77. The minimum absolute atomic E-state index is 0.449. The molecule has 3 nitrogen and oxygen atoms in total. The van der Waals surface area contributed by atoms with Gasteiger partial charge >= 0.3 is 0 Å². The van der Waals surface area contributed by atoms with Crippen molar-refractivity contribution in [1.29, 1.82) is 5.26 Å². The van der Waals surface area contributed by atoms with Crippen LogP contribution in [0.25, 0.3) is 0 Å². The fourth-order valence-corrected chi connectivity index (χ4v) is 2.80. The van der Waals surface area contributed by atoms with Crippen molar-refractivity contribution < 1.29 is 0 Å². The van der Waals surface area contributed by atoms with Crippen LogP contribution in [-0.4, -0.2) is 9.55 Å². The zero-order valence-electron chi connectivity index (χ0n) is 13.1. The van der Waals surface area contributed by atoms with Crippen molar-refractivity contribution >= 4 is 0 Å². The maximum atomic E-state index is 9.09. The summed E-state index contributed by atoms with van der Waals surface area (Å²) in [6.45, 7) is 4.46. The number of imidazole rings is 1. The molecule has 1 aromatic heterocycles. The first-order valence-electron chi connectivity index (χ1n) is 8.26. The van der Waals surface area contributed by atoms with Crippen molar-refractivity contribution in [2.24, 2.45) is 0 Å². The van der Waals surface area contributed by atoms with E-state index in [4.69, 9.17) is 5.26 Å². The first kappa shape index (κ1) is 16.8. The van der Waals surface area contributed by atoms with Crippen molar-refractivity contribution in [2.45, 2.75) is 84.0 Å². The molecule has 0 saturated heterocycles. The van der Waals surface area contributed by atoms with Crippen molar-refractivity contribution in [3.63, 3.8) is 0 Å². The molecule has 0 bridgehead atoms. The van der Waals surface area contributed by atoms with Crippen LogP contribution in [0.2, 0.25) is 0 Å². The Hall–Kier alpha value is -1.30. The normalized spacial score (nSPS) is 12.2. The Labute approximate surface area is 124 Å². The summed E-state index contributed by atoms with van der Waals surface area (Å²) in [5, 5.41) is 9.09. The lowest BCUT2D eigenvalue weighted by Gasteiger charge is -2.14. The van der Waals surface area contributed by atoms with Crippen LogP contribution in [0.1, 0.15) is 89.8 Å². The van der Waals surface area contributed by atoms with Crippen LogP contribution in [0.3, 0.4) is 0 Å². The summed E-state index contributed by atoms with van der Waals surface area (Å²) in [5.41, 5.74) is 0. The van der Waals surface area contributed by atoms with E-state index in [2.05, 4.69) is 25.0 Å². The Bertz CT molecular complexity index is 389. The third-order valence-electron chi connectivity index (χ3n) is 3.94. The molecule has 3 heteroatoms. The summed E-state index contributed by atoms with van der Waals surface area (Å²) in [6, 6.07) is 0. The molecule has 1 heterocycles. The van der Waals surface area contributed by atoms with Crippen LogP contribution in [0.4, 0.5) is 0 Å². The predicted molar refractivity (Wildman–Crippen MR) is 83.5 cm³/mol. The quantitative estimate of drug-likeness (QED) is 0.518. The predicted octanol–water partition coefficient (Wildman–Crippen LogP) is 5.24. The minimum Gasteiger partial charge on any atom is -0.240 e. The Kier molecular flexibility index (Phi) is 8.78. The van der Waals surface area contributed by atoms with E-state index >= 15 is 0 Å². The Morgan fingerprint density at radius 3 is 2.40 bits per heavy atom. The first-order valence-corrected chi connectivity index (χ1v) is 8.26. The number of hydrogen-bond acceptors (Lipinski definition) is 2. The number of nitrogens with zero attached hydrogens (tertiary/aromatic N) is 3. The van der Waals surface area contributed by atoms with Crippen LogP contribution in [0.15, 0.2) is 12.4 Å². The van der Waals surface area contributed by atoms with E-state index in [0.717, 1.165) is 18.7 Å². The average Bonchev–Trinajstić information content (AvgIpc) is 2.93. The van der Waals surface area contributed by atoms with E-state index in [9.17, 15) is 0 Å². The molecule has 0 fully saturated rings. The second kappa shape index (κ2) is 10.5. The molecule has 1 unspecified atom stereocenters. The van der Waals surface area contributed by atoms with Gasteiger partial charge in [-0.05, 0) is 12.8 Å². The number of nitriles is 1. The molecule has 0 radical (unpaired) electrons. The monoisotopic (exact) mass is 275 g/mol. The zero-order chi connectivity index (χ0) is 14.6. The Morgan fingerprint density at radius 1 is 1.05 bits per heavy atom. The summed E-state index contributed by atoms with van der Waals surface area (Å²) in [7, 11) is 0. The van der Waals surface area contributed by atoms with Crippen molar-refractivity contribution in [1.82, 2.24) is 9.55 Å². The average molecular weight is 275 g/mol. The van der Waals surface area contributed by atoms with E-state index < -0.39 is 0 Å². The number of rotatable bonds is 11. The van der Waals surface area contributed by atoms with E-state index in [0.29, 0.717) is 5.92 Å². The minimum atomic E-state index is 0.449. The van der Waals surface area contributed by atoms with Gasteiger partial charge in [0.2, 0.25) is 0 Å². The molecule has 0 aliphatic carbocycles. The lowest BCUT2D eigenvalue weighted by molar-refractivity contribution is 0.490. The molecule has 0 aromatic carbocycles. The molecular formula is C17H29N3. The molecule has 0 amide bonds. The molecule has 1 atom stereocenters. The largest absolute Gasteiger partial charge is 0.240 e. The van der Waals surface area contributed by atoms with Gasteiger partial charge in [-0.2, -0.15) is 5.26 Å². The first-order chi connectivity index (χ1) is 9.83. The smallest absolute Gasteiger partial charge is 0.189 e. The fourth-order valence-electron chi connectivity index (χ4n) is 2.80. The molecule has 0 N–H and O–H groups in total. The van der Waals surface area contributed by atoms with Gasteiger partial charge in [-0.1, -0.05) is 65.2 Å². The topological polar surface area (TPSA) is 41.6 Å². The Morgan fingerprint density at radius 2 is 1.75 bits per heavy atom. The molecule has 0 spiro atoms. The van der Waals surface area contributed by atoms with Crippen molar-refractivity contribution in [3.8, 4) is 6.19 Å². The SMILES string of the molecule is CCCCCCCCCC(CCC)c1nccn1C#N. The van der Waals surface area contributed by atoms with E-state index in [-0.39, 0.29) is 0 Å². The highest BCUT2D eigenvalue weighted by atomic mass is 15.1. The van der Waals surface area contributed by atoms with Crippen molar-refractivity contribution in [3.05, 3.63) is 18.2 Å². The standard InChI is InChI=1S/C17H29N3/c1-3-5-6-7-8-9-10-12-16(11-4-2)17-19-13-14-20(17)15-18/h13-14,16H,3-12H2,1-2H3. The van der Waals surface area contributed by atoms with Crippen LogP contribution >= 0.6 is 0 Å². The molecule has 1 rings (SSSR count). The van der Waals surface area contributed by atoms with Gasteiger partial charge in [-0.15, -0.1) is 0 Å². The molecule has 1 aromatic rings. The van der Waals surface area contributed by atoms with Gasteiger partial charge in [0.15, 0.2) is 6.19 Å². The van der Waals surface area contributed by atoms with E-state index in [1.807, 2.05) is 0 Å². The summed E-state index contributed by atoms with van der Waals surface area (Å²) in [6.07, 6.45) is 18.5. The van der Waals surface area contributed by atoms with Crippen LogP contribution < -0.4 is 0 Å². The molecule has 0 saturated carbocycles. The molecule has 0 aliphatic rings. The molecular weight excluding hydrogens is 246 g/mol. The maximum Gasteiger partial charge on any atom is 0.189 e. The van der Waals surface area contributed by atoms with Gasteiger partial charge < -0.3 is 0 Å². The highest BCUT2D eigenvalue weighted by Crippen LogP contribution is 2.26. The Balaban J connectivity index is 2.32. The summed E-state index contributed by atoms with van der Waals surface area (Å²) < 4.78 is 1.63. The number of aromatic nitrogens is 2. The van der Waals surface area contributed by atoms with Crippen LogP contribution in [-0.2, 0) is 0 Å². The molecule has 112 valence electrons. The van der Waals surface area contributed by atoms with Crippen molar-refractivity contribution in [2.75, 3.05) is 0 Å². The highest BCUT2D eigenvalue weighted by Gasteiger charge is 2.15. The van der Waals surface area contributed by atoms with E-state index in [1.165, 1.54) is 51.4 Å². The number of hydrogen-bond donors (Lipinski definition) is 0. The highest BCUT2D eigenvalue weighted by molar-refractivity contribution is 5.06. The number of unbranched alkanes of at least 4 members (excludes halogenated alkanes) is 6. The summed E-state index contributed by atoms with van der Waals surface area (Å²) in [4.78, 5) is 4.39. The van der Waals surface area contributed by atoms with E-state index in [1.54, 1.807) is 17.0 Å². The zero-order valence-corrected chi connectivity index (χ0v) is 13.1. The second-order valence-corrected chi connectivity index (χ2v) is 5.65. The van der Waals surface area contributed by atoms with Crippen LogP contribution in [0.5, 0.6) is 0 Å². The fraction of sp³-hybridized carbons (Fsp3) is 0.765. The van der Waals surface area contributed by atoms with Gasteiger partial charge in [0, 0.05) is 18.3 Å². The third-order valence-corrected chi connectivity index (χ3v) is 3.94. The van der Waals surface area contributed by atoms with Gasteiger partial charge in [-0.3, -0.25) is 0 Å². The van der Waals surface area contributed by atoms with Gasteiger partial charge in [0.1, 0.15) is 5.82 Å². The summed E-state index contributed by atoms with van der Waals surface area (Å²) >= 11 is 0. The van der Waals surface area contributed by atoms with Gasteiger partial charge in [0.25, 0.3) is 0 Å². The lowest BCUT2D eigenvalue weighted by Crippen LogP contribution is -2.06. The summed E-state index contributed by atoms with van der Waals surface area (Å²) in [5.74, 6) is 1.41. The maximum absolute atomic E-state index is 9.09. The van der Waals surface area contributed by atoms with Crippen LogP contribution in [0, 0.1) is 11.5 Å². The lowest BCUT2D eigenvalue weighted by atomic mass is 9.95.